The molecule has 0 aliphatic heterocycles. The number of rotatable bonds is 5. The Kier molecular flexibility index (Phi) is 5.73. The van der Waals surface area contributed by atoms with Gasteiger partial charge in [-0.05, 0) is 47.2 Å². The molecule has 30 heavy (non-hydrogen) atoms. The van der Waals surface area contributed by atoms with Crippen molar-refractivity contribution in [1.82, 2.24) is 19.7 Å². The van der Waals surface area contributed by atoms with E-state index >= 15 is 0 Å². The van der Waals surface area contributed by atoms with Crippen LogP contribution in [0.4, 0.5) is 0 Å². The second kappa shape index (κ2) is 8.44. The Morgan fingerprint density at radius 3 is 2.33 bits per heavy atom. The van der Waals surface area contributed by atoms with Gasteiger partial charge in [0.25, 0.3) is 0 Å². The van der Waals surface area contributed by atoms with Crippen LogP contribution in [0.2, 0.25) is 0 Å². The van der Waals surface area contributed by atoms with Crippen LogP contribution >= 0.6 is 11.8 Å². The third kappa shape index (κ3) is 4.31. The minimum Gasteiger partial charge on any atom is -0.270 e. The molecular weight excluding hydrogens is 388 g/mol. The highest BCUT2D eigenvalue weighted by Gasteiger charge is 2.18. The molecule has 0 spiro atoms. The van der Waals surface area contributed by atoms with E-state index in [0.29, 0.717) is 0 Å². The van der Waals surface area contributed by atoms with Gasteiger partial charge in [-0.3, -0.25) is 9.55 Å². The number of benzene rings is 2. The number of aryl methyl sites for hydroxylation is 1. The van der Waals surface area contributed by atoms with Gasteiger partial charge in [-0.15, -0.1) is 10.2 Å². The lowest BCUT2D eigenvalue weighted by atomic mass is 9.87. The average Bonchev–Trinajstić information content (AvgIpc) is 3.16. The Balaban J connectivity index is 1.67. The summed E-state index contributed by atoms with van der Waals surface area (Å²) in [6, 6.07) is 21.1. The molecular formula is C25H26N4S. The summed E-state index contributed by atoms with van der Waals surface area (Å²) in [6.07, 6.45) is 3.60. The van der Waals surface area contributed by atoms with Crippen molar-refractivity contribution in [3.05, 3.63) is 89.7 Å². The Hall–Kier alpha value is -2.92. The van der Waals surface area contributed by atoms with E-state index in [0.717, 1.165) is 28.0 Å². The van der Waals surface area contributed by atoms with Gasteiger partial charge in [-0.25, -0.2) is 0 Å². The summed E-state index contributed by atoms with van der Waals surface area (Å²) in [5.41, 5.74) is 6.00. The molecule has 5 heteroatoms. The maximum Gasteiger partial charge on any atom is 0.196 e. The molecule has 0 atom stereocenters. The molecule has 4 nitrogen and oxygen atoms in total. The minimum absolute atomic E-state index is 0.162. The number of hydrogen-bond donors (Lipinski definition) is 0. The lowest BCUT2D eigenvalue weighted by molar-refractivity contribution is 0.590. The largest absolute Gasteiger partial charge is 0.270 e. The zero-order valence-electron chi connectivity index (χ0n) is 17.8. The van der Waals surface area contributed by atoms with Gasteiger partial charge < -0.3 is 0 Å². The lowest BCUT2D eigenvalue weighted by Crippen LogP contribution is -2.10. The van der Waals surface area contributed by atoms with Crippen LogP contribution in [0.1, 0.15) is 37.5 Å². The fourth-order valence-corrected chi connectivity index (χ4v) is 4.23. The normalized spacial score (nSPS) is 11.6. The van der Waals surface area contributed by atoms with Gasteiger partial charge in [0.15, 0.2) is 11.0 Å². The Morgan fingerprint density at radius 2 is 1.67 bits per heavy atom. The minimum atomic E-state index is 0.162. The van der Waals surface area contributed by atoms with Gasteiger partial charge in [0.1, 0.15) is 0 Å². The summed E-state index contributed by atoms with van der Waals surface area (Å²) >= 11 is 1.70. The highest BCUT2D eigenvalue weighted by Crippen LogP contribution is 2.31. The number of thioether (sulfide) groups is 1. The highest BCUT2D eigenvalue weighted by atomic mass is 32.2. The first kappa shape index (κ1) is 20.4. The zero-order chi connectivity index (χ0) is 21.1. The fraction of sp³-hybridized carbons (Fsp3) is 0.240. The molecule has 0 fully saturated rings. The van der Waals surface area contributed by atoms with E-state index in [1.54, 1.807) is 18.0 Å². The first-order chi connectivity index (χ1) is 14.4. The molecule has 2 heterocycles. The molecule has 0 saturated heterocycles. The summed E-state index contributed by atoms with van der Waals surface area (Å²) in [5, 5.41) is 9.92. The average molecular weight is 415 g/mol. The number of para-hydroxylation sites is 1. The smallest absolute Gasteiger partial charge is 0.196 e. The van der Waals surface area contributed by atoms with Crippen molar-refractivity contribution >= 4 is 11.8 Å². The third-order valence-corrected chi connectivity index (χ3v) is 6.10. The molecule has 0 radical (unpaired) electrons. The van der Waals surface area contributed by atoms with Crippen LogP contribution in [0.25, 0.3) is 17.1 Å². The van der Waals surface area contributed by atoms with Gasteiger partial charge in [0, 0.05) is 23.7 Å². The van der Waals surface area contributed by atoms with Crippen molar-refractivity contribution in [3.63, 3.8) is 0 Å². The van der Waals surface area contributed by atoms with E-state index in [-0.39, 0.29) is 5.41 Å². The molecule has 2 aromatic heterocycles. The van der Waals surface area contributed by atoms with Gasteiger partial charge >= 0.3 is 0 Å². The quantitative estimate of drug-likeness (QED) is 0.363. The molecule has 0 amide bonds. The fourth-order valence-electron chi connectivity index (χ4n) is 3.33. The van der Waals surface area contributed by atoms with Gasteiger partial charge in [-0.2, -0.15) is 0 Å². The van der Waals surface area contributed by atoms with E-state index < -0.39 is 0 Å². The molecule has 0 unspecified atom stereocenters. The SMILES string of the molecule is Cc1ccccc1-n1c(SCc2ccc(C(C)(C)C)cc2)nnc1-c1cccnc1. The number of pyridine rings is 1. The number of nitrogens with zero attached hydrogens (tertiary/aromatic N) is 4. The predicted molar refractivity (Wildman–Crippen MR) is 124 cm³/mol. The van der Waals surface area contributed by atoms with Crippen LogP contribution in [0.15, 0.2) is 78.2 Å². The number of hydrogen-bond acceptors (Lipinski definition) is 4. The molecule has 4 rings (SSSR count). The van der Waals surface area contributed by atoms with Crippen LogP contribution in [-0.4, -0.2) is 19.7 Å². The first-order valence-electron chi connectivity index (χ1n) is 10.1. The maximum atomic E-state index is 4.53. The standard InChI is InChI=1S/C25H26N4S/c1-18-8-5-6-10-22(18)29-23(20-9-7-15-26-16-20)27-28-24(29)30-17-19-11-13-21(14-12-19)25(2,3)4/h5-16H,17H2,1-4H3. The lowest BCUT2D eigenvalue weighted by Gasteiger charge is -2.19. The maximum absolute atomic E-state index is 4.53. The van der Waals surface area contributed by atoms with E-state index in [1.165, 1.54) is 16.7 Å². The van der Waals surface area contributed by atoms with Gasteiger partial charge in [0.2, 0.25) is 0 Å². The first-order valence-corrected chi connectivity index (χ1v) is 11.1. The van der Waals surface area contributed by atoms with E-state index in [2.05, 4.69) is 96.0 Å². The van der Waals surface area contributed by atoms with Crippen molar-refractivity contribution in [2.75, 3.05) is 0 Å². The summed E-state index contributed by atoms with van der Waals surface area (Å²) in [5.74, 6) is 1.64. The molecule has 0 aliphatic carbocycles. The Bertz CT molecular complexity index is 1130. The molecule has 152 valence electrons. The van der Waals surface area contributed by atoms with Crippen LogP contribution < -0.4 is 0 Å². The molecule has 0 aliphatic rings. The molecule has 0 saturated carbocycles. The number of aromatic nitrogens is 4. The summed E-state index contributed by atoms with van der Waals surface area (Å²) in [7, 11) is 0. The van der Waals surface area contributed by atoms with Crippen LogP contribution in [0.5, 0.6) is 0 Å². The summed E-state index contributed by atoms with van der Waals surface area (Å²) in [6.45, 7) is 8.83. The molecule has 0 N–H and O–H groups in total. The van der Waals surface area contributed by atoms with E-state index in [9.17, 15) is 0 Å². The predicted octanol–water partition coefficient (Wildman–Crippen LogP) is 6.23. The molecule has 4 aromatic rings. The molecule has 2 aromatic carbocycles. The summed E-state index contributed by atoms with van der Waals surface area (Å²) in [4.78, 5) is 4.26. The van der Waals surface area contributed by atoms with Gasteiger partial charge in [-0.1, -0.05) is 75.0 Å². The monoisotopic (exact) mass is 414 g/mol. The molecule has 0 bridgehead atoms. The topological polar surface area (TPSA) is 43.6 Å². The van der Waals surface area contributed by atoms with E-state index in [4.69, 9.17) is 0 Å². The Labute approximate surface area is 182 Å². The second-order valence-corrected chi connectivity index (χ2v) is 9.35. The van der Waals surface area contributed by atoms with Gasteiger partial charge in [0.05, 0.1) is 5.69 Å². The van der Waals surface area contributed by atoms with Crippen molar-refractivity contribution < 1.29 is 0 Å². The van der Waals surface area contributed by atoms with Crippen molar-refractivity contribution in [3.8, 4) is 17.1 Å². The second-order valence-electron chi connectivity index (χ2n) is 8.41. The Morgan fingerprint density at radius 1 is 0.900 bits per heavy atom. The third-order valence-electron chi connectivity index (χ3n) is 5.10. The van der Waals surface area contributed by atoms with Crippen LogP contribution in [-0.2, 0) is 11.2 Å². The van der Waals surface area contributed by atoms with Crippen molar-refractivity contribution in [2.24, 2.45) is 0 Å². The van der Waals surface area contributed by atoms with Crippen molar-refractivity contribution in [1.29, 1.82) is 0 Å². The van der Waals surface area contributed by atoms with E-state index in [1.807, 2.05) is 18.3 Å². The summed E-state index contributed by atoms with van der Waals surface area (Å²) < 4.78 is 2.14. The highest BCUT2D eigenvalue weighted by molar-refractivity contribution is 7.98. The van der Waals surface area contributed by atoms with Crippen LogP contribution in [0.3, 0.4) is 0 Å². The zero-order valence-corrected chi connectivity index (χ0v) is 18.6. The van der Waals surface area contributed by atoms with Crippen molar-refractivity contribution in [2.45, 2.75) is 44.0 Å². The van der Waals surface area contributed by atoms with Crippen LogP contribution in [0, 0.1) is 6.92 Å².